The van der Waals surface area contributed by atoms with Crippen molar-refractivity contribution in [3.63, 3.8) is 0 Å². The van der Waals surface area contributed by atoms with Crippen LogP contribution in [0.3, 0.4) is 0 Å². The third-order valence-corrected chi connectivity index (χ3v) is 4.15. The highest BCUT2D eigenvalue weighted by Gasteiger charge is 2.38. The van der Waals surface area contributed by atoms with Gasteiger partial charge in [0, 0.05) is 0 Å². The summed E-state index contributed by atoms with van der Waals surface area (Å²) in [5.41, 5.74) is 2.97. The van der Waals surface area contributed by atoms with Gasteiger partial charge in [-0.2, -0.15) is 0 Å². The Morgan fingerprint density at radius 3 is 2.26 bits per heavy atom. The van der Waals surface area contributed by atoms with Crippen LogP contribution in [0.2, 0.25) is 0 Å². The van der Waals surface area contributed by atoms with E-state index in [1.165, 1.54) is 10.5 Å². The van der Waals surface area contributed by atoms with Gasteiger partial charge in [-0.1, -0.05) is 68.4 Å². The van der Waals surface area contributed by atoms with Crippen LogP contribution in [0.1, 0.15) is 42.5 Å². The zero-order chi connectivity index (χ0) is 16.4. The number of amides is 3. The molecule has 0 radical (unpaired) electrons. The lowest BCUT2D eigenvalue weighted by Crippen LogP contribution is -2.30. The molecule has 1 aliphatic heterocycles. The molecule has 0 spiro atoms. The lowest BCUT2D eigenvalue weighted by atomic mass is 9.99. The van der Waals surface area contributed by atoms with Crippen molar-refractivity contribution in [2.45, 2.75) is 32.4 Å². The minimum atomic E-state index is -0.590. The lowest BCUT2D eigenvalue weighted by molar-refractivity contribution is -0.128. The number of nitrogens with one attached hydrogen (secondary N) is 1. The maximum atomic E-state index is 12.6. The Bertz CT molecular complexity index is 708. The number of carbonyl (C=O) groups excluding carboxylic acids is 2. The van der Waals surface area contributed by atoms with Crippen LogP contribution in [0.25, 0.3) is 0 Å². The van der Waals surface area contributed by atoms with Crippen LogP contribution < -0.4 is 5.32 Å². The molecule has 0 aliphatic carbocycles. The summed E-state index contributed by atoms with van der Waals surface area (Å²) in [5.74, 6) is 0.239. The molecule has 1 heterocycles. The first-order valence-electron chi connectivity index (χ1n) is 7.82. The predicted octanol–water partition coefficient (Wildman–Crippen LogP) is 3.60. The van der Waals surface area contributed by atoms with E-state index in [0.29, 0.717) is 12.5 Å². The second-order valence-corrected chi connectivity index (χ2v) is 6.11. The van der Waals surface area contributed by atoms with E-state index in [4.69, 9.17) is 0 Å². The van der Waals surface area contributed by atoms with Gasteiger partial charge in [0.05, 0.1) is 6.54 Å². The Labute approximate surface area is 136 Å². The number of carbonyl (C=O) groups is 2. The molecule has 1 fully saturated rings. The number of imide groups is 1. The van der Waals surface area contributed by atoms with Crippen LogP contribution in [-0.2, 0) is 11.3 Å². The number of nitrogens with zero attached hydrogens (tertiary/aromatic N) is 1. The van der Waals surface area contributed by atoms with Crippen LogP contribution in [0.4, 0.5) is 4.79 Å². The van der Waals surface area contributed by atoms with Gasteiger partial charge in [-0.3, -0.25) is 9.69 Å². The standard InChI is InChI=1S/C19H20N2O2/c1-13(2)15-8-10-16(11-9-15)17-18(22)21(19(23)20-17)12-14-6-4-3-5-7-14/h3-11,13,17H,12H2,1-2H3,(H,20,23). The molecule has 1 unspecified atom stereocenters. The second kappa shape index (κ2) is 6.24. The highest BCUT2D eigenvalue weighted by molar-refractivity contribution is 6.04. The third kappa shape index (κ3) is 3.11. The summed E-state index contributed by atoms with van der Waals surface area (Å²) >= 11 is 0. The van der Waals surface area contributed by atoms with Crippen molar-refractivity contribution >= 4 is 11.9 Å². The summed E-state index contributed by atoms with van der Waals surface area (Å²) in [5, 5.41) is 2.78. The van der Waals surface area contributed by atoms with Gasteiger partial charge < -0.3 is 5.32 Å². The number of benzene rings is 2. The van der Waals surface area contributed by atoms with Gasteiger partial charge in [0.1, 0.15) is 6.04 Å². The largest absolute Gasteiger partial charge is 0.325 e. The molecule has 118 valence electrons. The third-order valence-electron chi connectivity index (χ3n) is 4.15. The molecule has 1 N–H and O–H groups in total. The van der Waals surface area contributed by atoms with E-state index in [1.54, 1.807) is 0 Å². The predicted molar refractivity (Wildman–Crippen MR) is 88.8 cm³/mol. The average Bonchev–Trinajstić information content (AvgIpc) is 2.84. The van der Waals surface area contributed by atoms with Gasteiger partial charge >= 0.3 is 6.03 Å². The zero-order valence-corrected chi connectivity index (χ0v) is 13.3. The van der Waals surface area contributed by atoms with E-state index >= 15 is 0 Å². The Morgan fingerprint density at radius 1 is 1.00 bits per heavy atom. The number of urea groups is 1. The fourth-order valence-electron chi connectivity index (χ4n) is 2.73. The summed E-state index contributed by atoms with van der Waals surface area (Å²) in [6, 6.07) is 16.5. The molecule has 2 aromatic rings. The highest BCUT2D eigenvalue weighted by atomic mass is 16.2. The number of hydrogen-bond donors (Lipinski definition) is 1. The molecular formula is C19H20N2O2. The molecular weight excluding hydrogens is 288 g/mol. The molecule has 23 heavy (non-hydrogen) atoms. The van der Waals surface area contributed by atoms with E-state index in [9.17, 15) is 9.59 Å². The van der Waals surface area contributed by atoms with Crippen LogP contribution in [0.15, 0.2) is 54.6 Å². The van der Waals surface area contributed by atoms with E-state index in [1.807, 2.05) is 54.6 Å². The topological polar surface area (TPSA) is 49.4 Å². The van der Waals surface area contributed by atoms with Gasteiger partial charge in [-0.25, -0.2) is 4.79 Å². The lowest BCUT2D eigenvalue weighted by Gasteiger charge is -2.13. The molecule has 4 nitrogen and oxygen atoms in total. The van der Waals surface area contributed by atoms with E-state index in [0.717, 1.165) is 11.1 Å². The maximum Gasteiger partial charge on any atom is 0.325 e. The Balaban J connectivity index is 1.78. The monoisotopic (exact) mass is 308 g/mol. The summed E-state index contributed by atoms with van der Waals surface area (Å²) in [6.07, 6.45) is 0. The first-order chi connectivity index (χ1) is 11.1. The number of hydrogen-bond acceptors (Lipinski definition) is 2. The van der Waals surface area contributed by atoms with Crippen LogP contribution in [0.5, 0.6) is 0 Å². The molecule has 1 saturated heterocycles. The summed E-state index contributed by atoms with van der Waals surface area (Å²) in [6.45, 7) is 4.55. The molecule has 1 atom stereocenters. The van der Waals surface area contributed by atoms with Gasteiger partial charge in [0.15, 0.2) is 0 Å². The molecule has 0 bridgehead atoms. The zero-order valence-electron chi connectivity index (χ0n) is 13.3. The van der Waals surface area contributed by atoms with Gasteiger partial charge in [-0.15, -0.1) is 0 Å². The molecule has 2 aromatic carbocycles. The van der Waals surface area contributed by atoms with Crippen molar-refractivity contribution in [2.24, 2.45) is 0 Å². The first-order valence-corrected chi connectivity index (χ1v) is 7.82. The molecule has 3 amide bonds. The molecule has 4 heteroatoms. The summed E-state index contributed by atoms with van der Waals surface area (Å²) in [4.78, 5) is 26.0. The highest BCUT2D eigenvalue weighted by Crippen LogP contribution is 2.25. The normalized spacial score (nSPS) is 17.7. The Kier molecular flexibility index (Phi) is 4.15. The fourth-order valence-corrected chi connectivity index (χ4v) is 2.73. The van der Waals surface area contributed by atoms with Crippen LogP contribution in [-0.4, -0.2) is 16.8 Å². The number of rotatable bonds is 4. The van der Waals surface area contributed by atoms with Crippen molar-refractivity contribution in [1.82, 2.24) is 10.2 Å². The summed E-state index contributed by atoms with van der Waals surface area (Å²) in [7, 11) is 0. The first kappa shape index (κ1) is 15.3. The summed E-state index contributed by atoms with van der Waals surface area (Å²) < 4.78 is 0. The Morgan fingerprint density at radius 2 is 1.65 bits per heavy atom. The minimum Gasteiger partial charge on any atom is -0.322 e. The van der Waals surface area contributed by atoms with Gasteiger partial charge in [0.25, 0.3) is 5.91 Å². The molecule has 0 saturated carbocycles. The van der Waals surface area contributed by atoms with Gasteiger partial charge in [-0.05, 0) is 22.6 Å². The van der Waals surface area contributed by atoms with Crippen molar-refractivity contribution in [2.75, 3.05) is 0 Å². The van der Waals surface area contributed by atoms with Crippen LogP contribution >= 0.6 is 0 Å². The van der Waals surface area contributed by atoms with Crippen molar-refractivity contribution in [3.05, 3.63) is 71.3 Å². The van der Waals surface area contributed by atoms with Crippen LogP contribution in [0, 0.1) is 0 Å². The van der Waals surface area contributed by atoms with Crippen molar-refractivity contribution < 1.29 is 9.59 Å². The SMILES string of the molecule is CC(C)c1ccc(C2NC(=O)N(Cc3ccccc3)C2=O)cc1. The Hall–Kier alpha value is -2.62. The second-order valence-electron chi connectivity index (χ2n) is 6.11. The molecule has 1 aliphatic rings. The maximum absolute atomic E-state index is 12.6. The average molecular weight is 308 g/mol. The van der Waals surface area contributed by atoms with Crippen molar-refractivity contribution in [1.29, 1.82) is 0 Å². The van der Waals surface area contributed by atoms with E-state index < -0.39 is 6.04 Å². The van der Waals surface area contributed by atoms with Gasteiger partial charge in [0.2, 0.25) is 0 Å². The fraction of sp³-hybridized carbons (Fsp3) is 0.263. The van der Waals surface area contributed by atoms with E-state index in [2.05, 4.69) is 19.2 Å². The van der Waals surface area contributed by atoms with E-state index in [-0.39, 0.29) is 11.9 Å². The smallest absolute Gasteiger partial charge is 0.322 e. The minimum absolute atomic E-state index is 0.198. The molecule has 3 rings (SSSR count). The van der Waals surface area contributed by atoms with Crippen molar-refractivity contribution in [3.8, 4) is 0 Å². The quantitative estimate of drug-likeness (QED) is 0.877. The molecule has 0 aromatic heterocycles.